The summed E-state index contributed by atoms with van der Waals surface area (Å²) < 4.78 is 0. The summed E-state index contributed by atoms with van der Waals surface area (Å²) in [4.78, 5) is 0. The van der Waals surface area contributed by atoms with Gasteiger partial charge in [0.1, 0.15) is 0 Å². The summed E-state index contributed by atoms with van der Waals surface area (Å²) in [6.07, 6.45) is 1.41. The van der Waals surface area contributed by atoms with E-state index in [1.807, 2.05) is 0 Å². The highest BCUT2D eigenvalue weighted by atomic mass is 14.6. The molecule has 66 valence electrons. The van der Waals surface area contributed by atoms with Crippen LogP contribution in [0.15, 0.2) is 0 Å². The summed E-state index contributed by atoms with van der Waals surface area (Å²) in [5, 5.41) is 0. The van der Waals surface area contributed by atoms with E-state index in [0.29, 0.717) is 10.8 Å². The van der Waals surface area contributed by atoms with Crippen LogP contribution >= 0.6 is 0 Å². The molecule has 0 nitrogen and oxygen atoms in total. The minimum absolute atomic E-state index is 0.557. The largest absolute Gasteiger partial charge is 0.0625 e. The van der Waals surface area contributed by atoms with Gasteiger partial charge in [-0.15, -0.1) is 0 Å². The van der Waals surface area contributed by atoms with Crippen molar-refractivity contribution in [1.82, 2.24) is 0 Å². The van der Waals surface area contributed by atoms with Crippen molar-refractivity contribution in [3.05, 3.63) is 0 Å². The maximum Gasteiger partial charge on any atom is -0.0272 e. The second-order valence-electron chi connectivity index (χ2n) is 5.66. The van der Waals surface area contributed by atoms with Gasteiger partial charge in [-0.05, 0) is 29.1 Å². The molecule has 1 saturated carbocycles. The topological polar surface area (TPSA) is 0 Å². The first-order valence-corrected chi connectivity index (χ1v) is 4.79. The zero-order valence-corrected chi connectivity index (χ0v) is 8.86. The van der Waals surface area contributed by atoms with Crippen LogP contribution in [-0.2, 0) is 0 Å². The van der Waals surface area contributed by atoms with Gasteiger partial charge in [-0.3, -0.25) is 0 Å². The predicted octanol–water partition coefficient (Wildman–Crippen LogP) is 3.71. The molecule has 1 rings (SSSR count). The first-order valence-electron chi connectivity index (χ1n) is 4.79. The molecule has 1 aliphatic rings. The Hall–Kier alpha value is 0. The van der Waals surface area contributed by atoms with Gasteiger partial charge in [0, 0.05) is 0 Å². The highest BCUT2D eigenvalue weighted by molar-refractivity contribution is 5.03. The Balaban J connectivity index is 2.69. The third-order valence-electron chi connectivity index (χ3n) is 4.21. The van der Waals surface area contributed by atoms with Crippen LogP contribution in [0.25, 0.3) is 0 Å². The molecule has 0 aromatic carbocycles. The standard InChI is InChI=1S/C11H22/c1-8(2)9-7-10(3,4)11(9,5)6/h8-9H,7H2,1-6H3. The Labute approximate surface area is 71.4 Å². The molecule has 0 amide bonds. The fourth-order valence-electron chi connectivity index (χ4n) is 2.51. The molecule has 0 aliphatic heterocycles. The smallest absolute Gasteiger partial charge is 0.0272 e. The van der Waals surface area contributed by atoms with Gasteiger partial charge in [-0.1, -0.05) is 41.5 Å². The normalized spacial score (nSPS) is 33.5. The predicted molar refractivity (Wildman–Crippen MR) is 50.5 cm³/mol. The van der Waals surface area contributed by atoms with Crippen LogP contribution in [0.4, 0.5) is 0 Å². The molecule has 0 radical (unpaired) electrons. The summed E-state index contributed by atoms with van der Waals surface area (Å²) in [7, 11) is 0. The van der Waals surface area contributed by atoms with Gasteiger partial charge in [0.05, 0.1) is 0 Å². The minimum atomic E-state index is 0.557. The molecule has 1 fully saturated rings. The average molecular weight is 154 g/mol. The fourth-order valence-corrected chi connectivity index (χ4v) is 2.51. The van der Waals surface area contributed by atoms with Gasteiger partial charge in [0.15, 0.2) is 0 Å². The molecule has 0 aromatic rings. The lowest BCUT2D eigenvalue weighted by Gasteiger charge is -2.61. The summed E-state index contributed by atoms with van der Waals surface area (Å²) >= 11 is 0. The van der Waals surface area contributed by atoms with Crippen LogP contribution in [0.2, 0.25) is 0 Å². The van der Waals surface area contributed by atoms with E-state index < -0.39 is 0 Å². The Morgan fingerprint density at radius 3 is 1.64 bits per heavy atom. The molecular weight excluding hydrogens is 132 g/mol. The van der Waals surface area contributed by atoms with Gasteiger partial charge < -0.3 is 0 Å². The molecule has 0 bridgehead atoms. The minimum Gasteiger partial charge on any atom is -0.0625 e. The second kappa shape index (κ2) is 2.24. The lowest BCUT2D eigenvalue weighted by molar-refractivity contribution is -0.115. The molecule has 1 atom stereocenters. The van der Waals surface area contributed by atoms with E-state index in [9.17, 15) is 0 Å². The van der Waals surface area contributed by atoms with Gasteiger partial charge in [-0.25, -0.2) is 0 Å². The van der Waals surface area contributed by atoms with Crippen LogP contribution in [0, 0.1) is 22.7 Å². The molecule has 1 unspecified atom stereocenters. The third kappa shape index (κ3) is 1.11. The average Bonchev–Trinajstić information content (AvgIpc) is 1.82. The molecule has 1 aliphatic carbocycles. The Kier molecular flexibility index (Phi) is 1.85. The number of hydrogen-bond donors (Lipinski definition) is 0. The zero-order chi connectivity index (χ0) is 8.86. The van der Waals surface area contributed by atoms with Crippen LogP contribution < -0.4 is 0 Å². The van der Waals surface area contributed by atoms with E-state index in [4.69, 9.17) is 0 Å². The Morgan fingerprint density at radius 1 is 1.09 bits per heavy atom. The highest BCUT2D eigenvalue weighted by Gasteiger charge is 2.54. The Bertz CT molecular complexity index is 151. The van der Waals surface area contributed by atoms with Crippen LogP contribution in [0.1, 0.15) is 48.0 Å². The maximum absolute atomic E-state index is 2.42. The molecule has 0 saturated heterocycles. The van der Waals surface area contributed by atoms with Gasteiger partial charge in [0.25, 0.3) is 0 Å². The fraction of sp³-hybridized carbons (Fsp3) is 1.00. The van der Waals surface area contributed by atoms with E-state index in [2.05, 4.69) is 41.5 Å². The monoisotopic (exact) mass is 154 g/mol. The molecule has 0 heteroatoms. The number of hydrogen-bond acceptors (Lipinski definition) is 0. The van der Waals surface area contributed by atoms with E-state index in [1.54, 1.807) is 0 Å². The van der Waals surface area contributed by atoms with Crippen molar-refractivity contribution in [2.45, 2.75) is 48.0 Å². The third-order valence-corrected chi connectivity index (χ3v) is 4.21. The Morgan fingerprint density at radius 2 is 1.55 bits per heavy atom. The first kappa shape index (κ1) is 9.09. The maximum atomic E-state index is 2.42. The summed E-state index contributed by atoms with van der Waals surface area (Å²) in [5.74, 6) is 1.80. The van der Waals surface area contributed by atoms with Gasteiger partial charge in [-0.2, -0.15) is 0 Å². The van der Waals surface area contributed by atoms with Crippen LogP contribution in [0.5, 0.6) is 0 Å². The molecular formula is C11H22. The quantitative estimate of drug-likeness (QED) is 0.540. The van der Waals surface area contributed by atoms with Crippen molar-refractivity contribution < 1.29 is 0 Å². The lowest BCUT2D eigenvalue weighted by atomic mass is 9.44. The molecule has 0 spiro atoms. The van der Waals surface area contributed by atoms with Crippen molar-refractivity contribution in [3.63, 3.8) is 0 Å². The van der Waals surface area contributed by atoms with E-state index in [-0.39, 0.29) is 0 Å². The molecule has 0 aromatic heterocycles. The van der Waals surface area contributed by atoms with Crippen molar-refractivity contribution in [2.24, 2.45) is 22.7 Å². The summed E-state index contributed by atoms with van der Waals surface area (Å²) in [6.45, 7) is 14.3. The summed E-state index contributed by atoms with van der Waals surface area (Å²) in [6, 6.07) is 0. The van der Waals surface area contributed by atoms with Crippen molar-refractivity contribution in [2.75, 3.05) is 0 Å². The van der Waals surface area contributed by atoms with Crippen molar-refractivity contribution in [1.29, 1.82) is 0 Å². The SMILES string of the molecule is CC(C)C1CC(C)(C)C1(C)C. The summed E-state index contributed by atoms with van der Waals surface area (Å²) in [5.41, 5.74) is 1.13. The molecule has 0 N–H and O–H groups in total. The van der Waals surface area contributed by atoms with Crippen molar-refractivity contribution in [3.8, 4) is 0 Å². The van der Waals surface area contributed by atoms with Crippen LogP contribution in [-0.4, -0.2) is 0 Å². The molecule has 0 heterocycles. The number of rotatable bonds is 1. The van der Waals surface area contributed by atoms with Gasteiger partial charge >= 0.3 is 0 Å². The van der Waals surface area contributed by atoms with Crippen LogP contribution in [0.3, 0.4) is 0 Å². The van der Waals surface area contributed by atoms with E-state index in [1.165, 1.54) is 6.42 Å². The first-order chi connectivity index (χ1) is 4.79. The highest BCUT2D eigenvalue weighted by Crippen LogP contribution is 2.62. The lowest BCUT2D eigenvalue weighted by Crippen LogP contribution is -2.53. The zero-order valence-electron chi connectivity index (χ0n) is 8.86. The van der Waals surface area contributed by atoms with Crippen molar-refractivity contribution >= 4 is 0 Å². The van der Waals surface area contributed by atoms with Gasteiger partial charge in [0.2, 0.25) is 0 Å². The van der Waals surface area contributed by atoms with E-state index in [0.717, 1.165) is 11.8 Å². The molecule has 11 heavy (non-hydrogen) atoms. The second-order valence-corrected chi connectivity index (χ2v) is 5.66. The van der Waals surface area contributed by atoms with E-state index >= 15 is 0 Å².